The summed E-state index contributed by atoms with van der Waals surface area (Å²) in [5.41, 5.74) is 8.81. The Bertz CT molecular complexity index is 573. The van der Waals surface area contributed by atoms with Crippen molar-refractivity contribution >= 4 is 23.0 Å². The number of hydrogen-bond acceptors (Lipinski definition) is 5. The van der Waals surface area contributed by atoms with E-state index >= 15 is 0 Å². The van der Waals surface area contributed by atoms with Crippen LogP contribution in [0.4, 0.5) is 5.82 Å². The summed E-state index contributed by atoms with van der Waals surface area (Å²) < 4.78 is 0. The van der Waals surface area contributed by atoms with Crippen molar-refractivity contribution in [1.82, 2.24) is 15.1 Å². The van der Waals surface area contributed by atoms with Gasteiger partial charge in [-0.1, -0.05) is 12.2 Å². The summed E-state index contributed by atoms with van der Waals surface area (Å²) >= 11 is 5.26. The molecule has 0 aliphatic carbocycles. The zero-order chi connectivity index (χ0) is 15.1. The second-order valence-electron chi connectivity index (χ2n) is 6.26. The first-order valence-corrected chi connectivity index (χ1v) is 8.00. The topological polar surface area (TPSA) is 58.3 Å². The number of thiocarbonyl (C=S) groups is 1. The molecule has 0 spiro atoms. The average molecular weight is 305 g/mol. The molecule has 3 heterocycles. The molecule has 21 heavy (non-hydrogen) atoms. The fourth-order valence-corrected chi connectivity index (χ4v) is 3.86. The van der Waals surface area contributed by atoms with Gasteiger partial charge in [0.15, 0.2) is 5.82 Å². The highest BCUT2D eigenvalue weighted by molar-refractivity contribution is 7.80. The minimum atomic E-state index is 0.420. The minimum Gasteiger partial charge on any atom is -0.389 e. The summed E-state index contributed by atoms with van der Waals surface area (Å²) in [7, 11) is 2.24. The minimum absolute atomic E-state index is 0.420. The molecular weight excluding hydrogens is 282 g/mol. The Hall–Kier alpha value is -1.27. The molecule has 2 saturated heterocycles. The van der Waals surface area contributed by atoms with E-state index in [1.165, 1.54) is 19.3 Å². The first-order valence-electron chi connectivity index (χ1n) is 7.59. The van der Waals surface area contributed by atoms with Gasteiger partial charge in [-0.2, -0.15) is 5.10 Å². The maximum atomic E-state index is 5.96. The molecule has 5 nitrogen and oxygen atoms in total. The second kappa shape index (κ2) is 5.50. The van der Waals surface area contributed by atoms with E-state index in [2.05, 4.69) is 27.0 Å². The van der Waals surface area contributed by atoms with Gasteiger partial charge >= 0.3 is 0 Å². The molecule has 0 saturated carbocycles. The van der Waals surface area contributed by atoms with E-state index < -0.39 is 0 Å². The lowest BCUT2D eigenvalue weighted by atomic mass is 10.1. The van der Waals surface area contributed by atoms with Gasteiger partial charge in [-0.3, -0.25) is 4.90 Å². The largest absolute Gasteiger partial charge is 0.389 e. The third-order valence-electron chi connectivity index (χ3n) is 5.13. The Kier molecular flexibility index (Phi) is 3.84. The van der Waals surface area contributed by atoms with Crippen LogP contribution in [0.2, 0.25) is 0 Å². The molecule has 0 amide bonds. The summed E-state index contributed by atoms with van der Waals surface area (Å²) in [5, 5.41) is 8.71. The number of anilines is 1. The summed E-state index contributed by atoms with van der Waals surface area (Å²) in [6.45, 7) is 5.96. The van der Waals surface area contributed by atoms with E-state index in [0.29, 0.717) is 17.1 Å². The smallest absolute Gasteiger partial charge is 0.161 e. The van der Waals surface area contributed by atoms with Crippen LogP contribution < -0.4 is 10.6 Å². The van der Waals surface area contributed by atoms with E-state index in [0.717, 1.165) is 35.7 Å². The Labute approximate surface area is 131 Å². The number of fused-ring (bicyclic) bond motifs is 2. The number of likely N-dealkylation sites (N-methyl/N-ethyl adjacent to an activating group) is 1. The molecule has 0 aromatic carbocycles. The monoisotopic (exact) mass is 305 g/mol. The highest BCUT2D eigenvalue weighted by Crippen LogP contribution is 2.31. The lowest BCUT2D eigenvalue weighted by Crippen LogP contribution is -2.38. The van der Waals surface area contributed by atoms with Gasteiger partial charge in [0.05, 0.1) is 11.3 Å². The molecule has 2 N–H and O–H groups in total. The summed E-state index contributed by atoms with van der Waals surface area (Å²) in [4.78, 5) is 5.27. The van der Waals surface area contributed by atoms with Crippen molar-refractivity contribution < 1.29 is 0 Å². The van der Waals surface area contributed by atoms with Crippen LogP contribution in [0.1, 0.15) is 36.1 Å². The van der Waals surface area contributed by atoms with Crippen LogP contribution in [-0.4, -0.2) is 52.3 Å². The highest BCUT2D eigenvalue weighted by Gasteiger charge is 2.35. The molecule has 2 fully saturated rings. The Morgan fingerprint density at radius 3 is 2.62 bits per heavy atom. The average Bonchev–Trinajstić information content (AvgIpc) is 2.66. The van der Waals surface area contributed by atoms with Crippen molar-refractivity contribution in [2.75, 3.05) is 25.0 Å². The number of nitrogens with two attached hydrogens (primary N) is 1. The van der Waals surface area contributed by atoms with Crippen LogP contribution in [0.5, 0.6) is 0 Å². The Morgan fingerprint density at radius 1 is 1.19 bits per heavy atom. The van der Waals surface area contributed by atoms with Crippen molar-refractivity contribution in [3.63, 3.8) is 0 Å². The fourth-order valence-electron chi connectivity index (χ4n) is 3.61. The lowest BCUT2D eigenvalue weighted by Gasteiger charge is -2.28. The number of nitrogens with zero attached hydrogens (tertiary/aromatic N) is 4. The molecule has 2 aliphatic heterocycles. The number of hydrogen-bond donors (Lipinski definition) is 1. The van der Waals surface area contributed by atoms with Gasteiger partial charge < -0.3 is 10.6 Å². The molecule has 2 unspecified atom stereocenters. The third-order valence-corrected chi connectivity index (χ3v) is 5.33. The SMILES string of the molecule is Cc1nnc(N2CCC3CCC(C2)N3C)c(C(N)=S)c1C. The van der Waals surface area contributed by atoms with Crippen LogP contribution >= 0.6 is 12.2 Å². The van der Waals surface area contributed by atoms with Gasteiger partial charge in [-0.25, -0.2) is 0 Å². The lowest BCUT2D eigenvalue weighted by molar-refractivity contribution is 0.254. The van der Waals surface area contributed by atoms with E-state index in [-0.39, 0.29) is 0 Å². The molecular formula is C15H23N5S. The zero-order valence-electron chi connectivity index (χ0n) is 13.0. The molecule has 1 aromatic rings. The summed E-state index contributed by atoms with van der Waals surface area (Å²) in [6.07, 6.45) is 3.74. The highest BCUT2D eigenvalue weighted by atomic mass is 32.1. The zero-order valence-corrected chi connectivity index (χ0v) is 13.8. The number of rotatable bonds is 2. The quantitative estimate of drug-likeness (QED) is 0.834. The van der Waals surface area contributed by atoms with Gasteiger partial charge in [0.25, 0.3) is 0 Å². The summed E-state index contributed by atoms with van der Waals surface area (Å²) in [5.74, 6) is 0.867. The van der Waals surface area contributed by atoms with Crippen molar-refractivity contribution in [3.05, 3.63) is 16.8 Å². The summed E-state index contributed by atoms with van der Waals surface area (Å²) in [6, 6.07) is 1.30. The molecule has 2 atom stereocenters. The number of aromatic nitrogens is 2. The van der Waals surface area contributed by atoms with E-state index in [1.54, 1.807) is 0 Å². The molecule has 2 aliphatic rings. The van der Waals surface area contributed by atoms with Crippen molar-refractivity contribution in [3.8, 4) is 0 Å². The molecule has 6 heteroatoms. The van der Waals surface area contributed by atoms with Crippen molar-refractivity contribution in [2.45, 2.75) is 45.2 Å². The van der Waals surface area contributed by atoms with Gasteiger partial charge in [-0.15, -0.1) is 5.10 Å². The molecule has 2 bridgehead atoms. The van der Waals surface area contributed by atoms with E-state index in [1.807, 2.05) is 13.8 Å². The van der Waals surface area contributed by atoms with Gasteiger partial charge in [0.2, 0.25) is 0 Å². The molecule has 1 aromatic heterocycles. The number of aryl methyl sites for hydroxylation is 1. The fraction of sp³-hybridized carbons (Fsp3) is 0.667. The second-order valence-corrected chi connectivity index (χ2v) is 6.70. The standard InChI is InChI=1S/C15H23N5S/c1-9-10(2)17-18-15(13(9)14(16)21)20-7-6-11-4-5-12(8-20)19(11)3/h11-12H,4-8H2,1-3H3,(H2,16,21). The maximum absolute atomic E-state index is 5.96. The Morgan fingerprint density at radius 2 is 1.90 bits per heavy atom. The Balaban J connectivity index is 1.97. The van der Waals surface area contributed by atoms with E-state index in [4.69, 9.17) is 18.0 Å². The first kappa shape index (κ1) is 14.7. The van der Waals surface area contributed by atoms with Crippen LogP contribution in [0, 0.1) is 13.8 Å². The van der Waals surface area contributed by atoms with Crippen LogP contribution in [0.25, 0.3) is 0 Å². The van der Waals surface area contributed by atoms with Crippen molar-refractivity contribution in [2.24, 2.45) is 5.73 Å². The predicted octanol–water partition coefficient (Wildman–Crippen LogP) is 1.40. The predicted molar refractivity (Wildman–Crippen MR) is 88.8 cm³/mol. The normalized spacial score (nSPS) is 26.0. The van der Waals surface area contributed by atoms with Gasteiger partial charge in [-0.05, 0) is 45.7 Å². The third kappa shape index (κ3) is 2.51. The van der Waals surface area contributed by atoms with Crippen LogP contribution in [0.15, 0.2) is 0 Å². The molecule has 3 rings (SSSR count). The van der Waals surface area contributed by atoms with E-state index in [9.17, 15) is 0 Å². The molecule has 0 radical (unpaired) electrons. The van der Waals surface area contributed by atoms with Gasteiger partial charge in [0, 0.05) is 25.2 Å². The first-order chi connectivity index (χ1) is 9.99. The van der Waals surface area contributed by atoms with Crippen molar-refractivity contribution in [1.29, 1.82) is 0 Å². The van der Waals surface area contributed by atoms with Crippen LogP contribution in [0.3, 0.4) is 0 Å². The molecule has 114 valence electrons. The maximum Gasteiger partial charge on any atom is 0.161 e. The van der Waals surface area contributed by atoms with Crippen LogP contribution in [-0.2, 0) is 0 Å². The van der Waals surface area contributed by atoms with Gasteiger partial charge in [0.1, 0.15) is 4.99 Å².